The molecule has 26 heavy (non-hydrogen) atoms. The quantitative estimate of drug-likeness (QED) is 0.737. The first-order valence-corrected chi connectivity index (χ1v) is 9.85. The second-order valence-corrected chi connectivity index (χ2v) is 8.13. The SMILES string of the molecule is Cc1ccc([C@@H](NS(=O)(=O)c2c(C)noc2C)c2ccccc2)c(C)c1. The fraction of sp³-hybridized carbons (Fsp3) is 0.250. The molecule has 0 aliphatic rings. The fourth-order valence-corrected chi connectivity index (χ4v) is 4.71. The highest BCUT2D eigenvalue weighted by molar-refractivity contribution is 7.89. The zero-order valence-electron chi connectivity index (χ0n) is 15.3. The second kappa shape index (κ2) is 7.05. The first-order chi connectivity index (χ1) is 12.3. The zero-order chi connectivity index (χ0) is 18.9. The van der Waals surface area contributed by atoms with Crippen LogP contribution in [0.25, 0.3) is 0 Å². The van der Waals surface area contributed by atoms with Crippen molar-refractivity contribution in [2.24, 2.45) is 0 Å². The van der Waals surface area contributed by atoms with E-state index >= 15 is 0 Å². The van der Waals surface area contributed by atoms with Crippen molar-refractivity contribution >= 4 is 10.0 Å². The molecule has 3 aromatic rings. The minimum absolute atomic E-state index is 0.100. The first-order valence-electron chi connectivity index (χ1n) is 8.37. The van der Waals surface area contributed by atoms with E-state index in [1.807, 2.05) is 56.3 Å². The molecule has 6 heteroatoms. The summed E-state index contributed by atoms with van der Waals surface area (Å²) in [6, 6.07) is 15.0. The molecular weight excluding hydrogens is 348 g/mol. The van der Waals surface area contributed by atoms with Crippen LogP contribution in [0.3, 0.4) is 0 Å². The number of hydrogen-bond donors (Lipinski definition) is 1. The predicted octanol–water partition coefficient (Wildman–Crippen LogP) is 3.98. The monoisotopic (exact) mass is 370 g/mol. The van der Waals surface area contributed by atoms with Crippen LogP contribution < -0.4 is 4.72 Å². The van der Waals surface area contributed by atoms with Gasteiger partial charge in [0, 0.05) is 0 Å². The molecule has 136 valence electrons. The van der Waals surface area contributed by atoms with Crippen molar-refractivity contribution in [3.8, 4) is 0 Å². The molecule has 3 rings (SSSR count). The van der Waals surface area contributed by atoms with Gasteiger partial charge in [-0.2, -0.15) is 4.72 Å². The Bertz CT molecular complexity index is 1000. The normalized spacial score (nSPS) is 12.9. The molecule has 0 aliphatic heterocycles. The van der Waals surface area contributed by atoms with Crippen molar-refractivity contribution in [2.75, 3.05) is 0 Å². The Morgan fingerprint density at radius 1 is 1.00 bits per heavy atom. The number of nitrogens with one attached hydrogen (secondary N) is 1. The molecule has 0 radical (unpaired) electrons. The lowest BCUT2D eigenvalue weighted by atomic mass is 9.95. The van der Waals surface area contributed by atoms with Gasteiger partial charge in [0.1, 0.15) is 10.6 Å². The van der Waals surface area contributed by atoms with Crippen molar-refractivity contribution in [3.05, 3.63) is 82.2 Å². The molecule has 0 aliphatic carbocycles. The summed E-state index contributed by atoms with van der Waals surface area (Å²) >= 11 is 0. The maximum absolute atomic E-state index is 13.1. The van der Waals surface area contributed by atoms with Gasteiger partial charge in [-0.05, 0) is 44.4 Å². The van der Waals surface area contributed by atoms with Crippen LogP contribution in [0.4, 0.5) is 0 Å². The summed E-state index contributed by atoms with van der Waals surface area (Å²) in [6.07, 6.45) is 0. The minimum atomic E-state index is -3.81. The van der Waals surface area contributed by atoms with Gasteiger partial charge >= 0.3 is 0 Å². The van der Waals surface area contributed by atoms with E-state index in [0.29, 0.717) is 5.69 Å². The van der Waals surface area contributed by atoms with Crippen molar-refractivity contribution in [1.82, 2.24) is 9.88 Å². The minimum Gasteiger partial charge on any atom is -0.360 e. The molecule has 0 amide bonds. The van der Waals surface area contributed by atoms with Crippen LogP contribution in [0.15, 0.2) is 57.9 Å². The lowest BCUT2D eigenvalue weighted by Crippen LogP contribution is -2.30. The molecule has 1 atom stereocenters. The average Bonchev–Trinajstić information content (AvgIpc) is 2.93. The molecule has 0 saturated heterocycles. The van der Waals surface area contributed by atoms with Crippen molar-refractivity contribution in [2.45, 2.75) is 38.6 Å². The van der Waals surface area contributed by atoms with Gasteiger partial charge in [0.25, 0.3) is 0 Å². The number of aromatic nitrogens is 1. The van der Waals surface area contributed by atoms with Crippen LogP contribution in [0.5, 0.6) is 0 Å². The first kappa shape index (κ1) is 18.4. The Labute approximate surface area is 154 Å². The summed E-state index contributed by atoms with van der Waals surface area (Å²) < 4.78 is 34.0. The number of hydrogen-bond acceptors (Lipinski definition) is 4. The van der Waals surface area contributed by atoms with E-state index in [0.717, 1.165) is 22.3 Å². The molecule has 0 bridgehead atoms. The smallest absolute Gasteiger partial charge is 0.246 e. The Balaban J connectivity index is 2.10. The lowest BCUT2D eigenvalue weighted by molar-refractivity contribution is 0.390. The molecule has 1 heterocycles. The number of nitrogens with zero attached hydrogens (tertiary/aromatic N) is 1. The highest BCUT2D eigenvalue weighted by Gasteiger charge is 2.29. The van der Waals surface area contributed by atoms with E-state index in [4.69, 9.17) is 4.52 Å². The molecule has 5 nitrogen and oxygen atoms in total. The van der Waals surface area contributed by atoms with Gasteiger partial charge in [-0.25, -0.2) is 8.42 Å². The number of benzene rings is 2. The molecule has 0 saturated carbocycles. The Kier molecular flexibility index (Phi) is 4.98. The third kappa shape index (κ3) is 3.57. The molecule has 1 aromatic heterocycles. The third-order valence-corrected chi connectivity index (χ3v) is 6.05. The van der Waals surface area contributed by atoms with Gasteiger partial charge in [-0.1, -0.05) is 59.3 Å². The van der Waals surface area contributed by atoms with Gasteiger partial charge < -0.3 is 4.52 Å². The maximum atomic E-state index is 13.1. The van der Waals surface area contributed by atoms with Crippen LogP contribution in [-0.4, -0.2) is 13.6 Å². The van der Waals surface area contributed by atoms with E-state index in [1.54, 1.807) is 13.8 Å². The van der Waals surface area contributed by atoms with Gasteiger partial charge in [0.05, 0.1) is 6.04 Å². The van der Waals surface area contributed by atoms with E-state index in [2.05, 4.69) is 15.9 Å². The van der Waals surface area contributed by atoms with Crippen LogP contribution >= 0.6 is 0 Å². The predicted molar refractivity (Wildman–Crippen MR) is 100 cm³/mol. The Morgan fingerprint density at radius 3 is 2.27 bits per heavy atom. The summed E-state index contributed by atoms with van der Waals surface area (Å²) in [6.45, 7) is 7.23. The van der Waals surface area contributed by atoms with Crippen molar-refractivity contribution in [3.63, 3.8) is 0 Å². The maximum Gasteiger partial charge on any atom is 0.246 e. The van der Waals surface area contributed by atoms with Gasteiger partial charge in [0.2, 0.25) is 10.0 Å². The molecular formula is C20H22N2O3S. The van der Waals surface area contributed by atoms with Crippen molar-refractivity contribution in [1.29, 1.82) is 0 Å². The van der Waals surface area contributed by atoms with Gasteiger partial charge in [0.15, 0.2) is 5.76 Å². The summed E-state index contributed by atoms with van der Waals surface area (Å²) in [5.41, 5.74) is 4.29. The van der Waals surface area contributed by atoms with E-state index in [-0.39, 0.29) is 10.7 Å². The molecule has 0 spiro atoms. The van der Waals surface area contributed by atoms with Crippen LogP contribution in [-0.2, 0) is 10.0 Å². The Morgan fingerprint density at radius 2 is 1.69 bits per heavy atom. The number of rotatable bonds is 5. The van der Waals surface area contributed by atoms with Gasteiger partial charge in [-0.3, -0.25) is 0 Å². The largest absolute Gasteiger partial charge is 0.360 e. The summed E-state index contributed by atoms with van der Waals surface area (Å²) in [4.78, 5) is 0.100. The second-order valence-electron chi connectivity index (χ2n) is 6.48. The molecule has 0 unspecified atom stereocenters. The zero-order valence-corrected chi connectivity index (χ0v) is 16.1. The number of aryl methyl sites for hydroxylation is 4. The summed E-state index contributed by atoms with van der Waals surface area (Å²) in [5, 5.41) is 3.77. The van der Waals surface area contributed by atoms with E-state index in [1.165, 1.54) is 0 Å². The highest BCUT2D eigenvalue weighted by Crippen LogP contribution is 2.29. The van der Waals surface area contributed by atoms with Crippen LogP contribution in [0.2, 0.25) is 0 Å². The third-order valence-electron chi connectivity index (χ3n) is 4.38. The van der Waals surface area contributed by atoms with Crippen LogP contribution in [0, 0.1) is 27.7 Å². The number of sulfonamides is 1. The highest BCUT2D eigenvalue weighted by atomic mass is 32.2. The van der Waals surface area contributed by atoms with E-state index in [9.17, 15) is 8.42 Å². The Hall–Kier alpha value is -2.44. The molecule has 2 aromatic carbocycles. The topological polar surface area (TPSA) is 72.2 Å². The van der Waals surface area contributed by atoms with Crippen LogP contribution in [0.1, 0.15) is 39.7 Å². The summed E-state index contributed by atoms with van der Waals surface area (Å²) in [7, 11) is -3.81. The lowest BCUT2D eigenvalue weighted by Gasteiger charge is -2.22. The molecule has 0 fully saturated rings. The summed E-state index contributed by atoms with van der Waals surface area (Å²) in [5.74, 6) is 0.280. The standard InChI is InChI=1S/C20H22N2O3S/c1-13-10-11-18(14(2)12-13)19(17-8-6-5-7-9-17)22-26(23,24)20-15(3)21-25-16(20)4/h5-12,19,22H,1-4H3/t19-/m0/s1. The molecule has 1 N–H and O–H groups in total. The van der Waals surface area contributed by atoms with E-state index < -0.39 is 16.1 Å². The van der Waals surface area contributed by atoms with Crippen molar-refractivity contribution < 1.29 is 12.9 Å². The fourth-order valence-electron chi connectivity index (χ4n) is 3.18. The average molecular weight is 370 g/mol. The van der Waals surface area contributed by atoms with Gasteiger partial charge in [-0.15, -0.1) is 0 Å².